The summed E-state index contributed by atoms with van der Waals surface area (Å²) in [6.45, 7) is 4.96. The normalized spacial score (nSPS) is 11.0. The van der Waals surface area contributed by atoms with E-state index in [1.54, 1.807) is 30.3 Å². The molecule has 0 saturated heterocycles. The van der Waals surface area contributed by atoms with Crippen molar-refractivity contribution in [2.24, 2.45) is 5.92 Å². The molecule has 2 aromatic carbocycles. The molecule has 27 heavy (non-hydrogen) atoms. The molecule has 2 rings (SSSR count). The van der Waals surface area contributed by atoms with E-state index in [-0.39, 0.29) is 5.57 Å². The first-order chi connectivity index (χ1) is 13.0. The first-order valence-electron chi connectivity index (χ1n) is 8.82. The van der Waals surface area contributed by atoms with Gasteiger partial charge in [0.05, 0.1) is 19.4 Å². The van der Waals surface area contributed by atoms with Crippen LogP contribution in [0.15, 0.2) is 54.1 Å². The minimum atomic E-state index is -0.487. The van der Waals surface area contributed by atoms with E-state index < -0.39 is 5.91 Å². The Morgan fingerprint density at radius 3 is 2.52 bits per heavy atom. The molecule has 0 bridgehead atoms. The third kappa shape index (κ3) is 6.19. The Bertz CT molecular complexity index is 833. The van der Waals surface area contributed by atoms with E-state index in [0.717, 1.165) is 17.7 Å². The molecule has 0 unspecified atom stereocenters. The van der Waals surface area contributed by atoms with Gasteiger partial charge in [0.2, 0.25) is 0 Å². The van der Waals surface area contributed by atoms with Gasteiger partial charge >= 0.3 is 0 Å². The molecule has 0 heterocycles. The first kappa shape index (κ1) is 20.1. The maximum Gasteiger partial charge on any atom is 0.266 e. The molecule has 0 aliphatic carbocycles. The Hall–Kier alpha value is -3.26. The Kier molecular flexibility index (Phi) is 7.45. The third-order valence-corrected chi connectivity index (χ3v) is 3.88. The Labute approximate surface area is 160 Å². The molecule has 5 heteroatoms. The van der Waals surface area contributed by atoms with Crippen molar-refractivity contribution >= 4 is 17.7 Å². The molecule has 0 aliphatic rings. The lowest BCUT2D eigenvalue weighted by Crippen LogP contribution is -2.14. The summed E-state index contributed by atoms with van der Waals surface area (Å²) in [4.78, 5) is 12.4. The second-order valence-corrected chi connectivity index (χ2v) is 6.42. The molecular weight excluding hydrogens is 340 g/mol. The van der Waals surface area contributed by atoms with Crippen LogP contribution in [-0.2, 0) is 4.79 Å². The number of nitriles is 1. The second-order valence-electron chi connectivity index (χ2n) is 6.42. The van der Waals surface area contributed by atoms with Gasteiger partial charge in [-0.05, 0) is 48.2 Å². The highest BCUT2D eigenvalue weighted by molar-refractivity contribution is 6.10. The van der Waals surface area contributed by atoms with E-state index in [4.69, 9.17) is 9.47 Å². The fourth-order valence-corrected chi connectivity index (χ4v) is 2.33. The van der Waals surface area contributed by atoms with Crippen LogP contribution in [0.25, 0.3) is 6.08 Å². The molecule has 0 radical (unpaired) electrons. The summed E-state index contributed by atoms with van der Waals surface area (Å²) < 4.78 is 10.9. The lowest BCUT2D eigenvalue weighted by Gasteiger charge is -2.09. The molecule has 2 aromatic rings. The molecule has 140 valence electrons. The molecule has 0 fully saturated rings. The van der Waals surface area contributed by atoms with Gasteiger partial charge in [-0.25, -0.2) is 0 Å². The van der Waals surface area contributed by atoms with Crippen molar-refractivity contribution in [3.63, 3.8) is 0 Å². The maximum atomic E-state index is 12.4. The molecule has 1 amide bonds. The minimum absolute atomic E-state index is 0.00869. The number of carbonyl (C=O) groups is 1. The summed E-state index contributed by atoms with van der Waals surface area (Å²) in [5.74, 6) is 1.40. The summed E-state index contributed by atoms with van der Waals surface area (Å²) in [6.07, 6.45) is 2.53. The van der Waals surface area contributed by atoms with E-state index in [0.29, 0.717) is 24.0 Å². The van der Waals surface area contributed by atoms with E-state index in [1.807, 2.05) is 30.3 Å². The molecule has 0 aromatic heterocycles. The van der Waals surface area contributed by atoms with Gasteiger partial charge in [0.15, 0.2) is 0 Å². The predicted octanol–water partition coefficient (Wildman–Crippen LogP) is 4.67. The van der Waals surface area contributed by atoms with Crippen molar-refractivity contribution in [1.29, 1.82) is 5.26 Å². The van der Waals surface area contributed by atoms with Gasteiger partial charge in [0, 0.05) is 0 Å². The van der Waals surface area contributed by atoms with Gasteiger partial charge in [0.1, 0.15) is 23.1 Å². The van der Waals surface area contributed by atoms with Crippen LogP contribution in [0.1, 0.15) is 25.8 Å². The van der Waals surface area contributed by atoms with E-state index in [2.05, 4.69) is 19.2 Å². The van der Waals surface area contributed by atoms with Gasteiger partial charge in [-0.1, -0.05) is 38.1 Å². The van der Waals surface area contributed by atoms with Gasteiger partial charge in [-0.2, -0.15) is 5.26 Å². The number of para-hydroxylation sites is 2. The number of hydrogen-bond acceptors (Lipinski definition) is 4. The Balaban J connectivity index is 2.06. The van der Waals surface area contributed by atoms with Gasteiger partial charge in [-0.3, -0.25) is 4.79 Å². The zero-order valence-electron chi connectivity index (χ0n) is 15.9. The van der Waals surface area contributed by atoms with Crippen molar-refractivity contribution in [2.45, 2.75) is 20.3 Å². The second kappa shape index (κ2) is 10.0. The van der Waals surface area contributed by atoms with Crippen LogP contribution >= 0.6 is 0 Å². The van der Waals surface area contributed by atoms with Crippen molar-refractivity contribution in [3.05, 3.63) is 59.7 Å². The number of ether oxygens (including phenoxy) is 2. The van der Waals surface area contributed by atoms with Crippen molar-refractivity contribution in [3.8, 4) is 17.6 Å². The fourth-order valence-electron chi connectivity index (χ4n) is 2.33. The smallest absolute Gasteiger partial charge is 0.266 e. The Morgan fingerprint density at radius 2 is 1.89 bits per heavy atom. The molecule has 0 atom stereocenters. The number of rotatable bonds is 8. The lowest BCUT2D eigenvalue weighted by molar-refractivity contribution is -0.112. The van der Waals surface area contributed by atoms with E-state index in [9.17, 15) is 10.1 Å². The van der Waals surface area contributed by atoms with Crippen LogP contribution in [0.4, 0.5) is 5.69 Å². The summed E-state index contributed by atoms with van der Waals surface area (Å²) in [7, 11) is 1.52. The van der Waals surface area contributed by atoms with Gasteiger partial charge in [-0.15, -0.1) is 0 Å². The summed E-state index contributed by atoms with van der Waals surface area (Å²) in [6, 6.07) is 16.3. The third-order valence-electron chi connectivity index (χ3n) is 3.88. The highest BCUT2D eigenvalue weighted by Crippen LogP contribution is 2.24. The molecular formula is C22H24N2O3. The predicted molar refractivity (Wildman–Crippen MR) is 107 cm³/mol. The zero-order valence-corrected chi connectivity index (χ0v) is 15.9. The number of benzene rings is 2. The highest BCUT2D eigenvalue weighted by atomic mass is 16.5. The van der Waals surface area contributed by atoms with Crippen molar-refractivity contribution in [2.75, 3.05) is 19.0 Å². The highest BCUT2D eigenvalue weighted by Gasteiger charge is 2.12. The molecule has 0 saturated carbocycles. The van der Waals surface area contributed by atoms with Crippen LogP contribution in [0, 0.1) is 17.2 Å². The number of amides is 1. The van der Waals surface area contributed by atoms with Gasteiger partial charge in [0.25, 0.3) is 5.91 Å². The summed E-state index contributed by atoms with van der Waals surface area (Å²) >= 11 is 0. The van der Waals surface area contributed by atoms with Crippen molar-refractivity contribution < 1.29 is 14.3 Å². The molecule has 0 spiro atoms. The average molecular weight is 364 g/mol. The Morgan fingerprint density at radius 1 is 1.19 bits per heavy atom. The number of hydrogen-bond donors (Lipinski definition) is 1. The first-order valence-corrected chi connectivity index (χ1v) is 8.82. The number of nitrogens with one attached hydrogen (secondary N) is 1. The lowest BCUT2D eigenvalue weighted by atomic mass is 10.1. The average Bonchev–Trinajstić information content (AvgIpc) is 2.67. The largest absolute Gasteiger partial charge is 0.495 e. The maximum absolute atomic E-state index is 12.4. The van der Waals surface area contributed by atoms with Gasteiger partial charge < -0.3 is 14.8 Å². The standard InChI is InChI=1S/C22H24N2O3/c1-16(2)12-13-27-19-10-8-17(9-11-19)14-18(15-23)22(25)24-20-6-4-5-7-21(20)26-3/h4-11,14,16H,12-13H2,1-3H3,(H,24,25)/b18-14+. The quantitative estimate of drug-likeness (QED) is 0.546. The zero-order chi connectivity index (χ0) is 19.6. The van der Waals surface area contributed by atoms with Crippen LogP contribution in [0.2, 0.25) is 0 Å². The minimum Gasteiger partial charge on any atom is -0.495 e. The SMILES string of the molecule is COc1ccccc1NC(=O)/C(C#N)=C/c1ccc(OCCC(C)C)cc1. The monoisotopic (exact) mass is 364 g/mol. The van der Waals surface area contributed by atoms with E-state index >= 15 is 0 Å². The summed E-state index contributed by atoms with van der Waals surface area (Å²) in [5, 5.41) is 12.1. The van der Waals surface area contributed by atoms with E-state index in [1.165, 1.54) is 7.11 Å². The van der Waals surface area contributed by atoms with Crippen LogP contribution in [0.5, 0.6) is 11.5 Å². The fraction of sp³-hybridized carbons (Fsp3) is 0.273. The number of nitrogens with zero attached hydrogens (tertiary/aromatic N) is 1. The van der Waals surface area contributed by atoms with Crippen LogP contribution in [0.3, 0.4) is 0 Å². The van der Waals surface area contributed by atoms with Crippen LogP contribution < -0.4 is 14.8 Å². The molecule has 0 aliphatic heterocycles. The summed E-state index contributed by atoms with van der Waals surface area (Å²) in [5.41, 5.74) is 1.27. The molecule has 1 N–H and O–H groups in total. The van der Waals surface area contributed by atoms with Crippen molar-refractivity contribution in [1.82, 2.24) is 0 Å². The topological polar surface area (TPSA) is 71.3 Å². The molecule has 5 nitrogen and oxygen atoms in total. The van der Waals surface area contributed by atoms with Crippen LogP contribution in [-0.4, -0.2) is 19.6 Å². The number of methoxy groups -OCH3 is 1. The number of anilines is 1. The number of carbonyl (C=O) groups excluding carboxylic acids is 1.